The lowest BCUT2D eigenvalue weighted by atomic mass is 9.99. The predicted octanol–water partition coefficient (Wildman–Crippen LogP) is 18.2. The maximum atomic E-state index is 12.8. The summed E-state index contributed by atoms with van der Waals surface area (Å²) in [6, 6.07) is 0. The summed E-state index contributed by atoms with van der Waals surface area (Å²) in [5, 5.41) is 0. The van der Waals surface area contributed by atoms with Gasteiger partial charge in [-0.1, -0.05) is 278 Å². The number of hydrogen-bond acceptors (Lipinski definition) is 6. The van der Waals surface area contributed by atoms with Crippen LogP contribution in [0.3, 0.4) is 0 Å². The molecule has 0 aliphatic heterocycles. The van der Waals surface area contributed by atoms with Crippen molar-refractivity contribution in [1.82, 2.24) is 0 Å². The highest BCUT2D eigenvalue weighted by Gasteiger charge is 2.19. The Hall–Kier alpha value is -1.59. The molecule has 0 saturated carbocycles. The Labute approximate surface area is 387 Å². The lowest BCUT2D eigenvalue weighted by Gasteiger charge is -2.18. The monoisotopic (exact) mass is 877 g/mol. The van der Waals surface area contributed by atoms with Crippen molar-refractivity contribution in [3.63, 3.8) is 0 Å². The Morgan fingerprint density at radius 3 is 0.839 bits per heavy atom. The van der Waals surface area contributed by atoms with Gasteiger partial charge in [0.1, 0.15) is 13.2 Å². The third-order valence-electron chi connectivity index (χ3n) is 13.2. The normalized spacial score (nSPS) is 12.4. The van der Waals surface area contributed by atoms with Gasteiger partial charge in [0.2, 0.25) is 0 Å². The average molecular weight is 877 g/mol. The Morgan fingerprint density at radius 2 is 0.565 bits per heavy atom. The van der Waals surface area contributed by atoms with Crippen LogP contribution < -0.4 is 0 Å². The summed E-state index contributed by atoms with van der Waals surface area (Å²) in [7, 11) is 0. The van der Waals surface area contributed by atoms with Gasteiger partial charge in [-0.3, -0.25) is 14.4 Å². The molecule has 0 amide bonds. The van der Waals surface area contributed by atoms with Crippen LogP contribution in [-0.2, 0) is 28.6 Å². The van der Waals surface area contributed by atoms with Gasteiger partial charge in [0, 0.05) is 19.3 Å². The fourth-order valence-electron chi connectivity index (χ4n) is 8.54. The van der Waals surface area contributed by atoms with E-state index in [1.807, 2.05) is 0 Å². The minimum Gasteiger partial charge on any atom is -0.462 e. The summed E-state index contributed by atoms with van der Waals surface area (Å²) < 4.78 is 16.9. The molecule has 0 spiro atoms. The zero-order valence-electron chi connectivity index (χ0n) is 42.3. The topological polar surface area (TPSA) is 78.9 Å². The molecule has 6 nitrogen and oxygen atoms in total. The van der Waals surface area contributed by atoms with Gasteiger partial charge in [0.25, 0.3) is 0 Å². The fraction of sp³-hybridized carbons (Fsp3) is 0.946. The molecule has 1 unspecified atom stereocenters. The molecule has 0 saturated heterocycles. The van der Waals surface area contributed by atoms with Crippen molar-refractivity contribution in [2.45, 2.75) is 323 Å². The number of carbonyl (C=O) groups is 3. The Bertz CT molecular complexity index is 935. The van der Waals surface area contributed by atoms with E-state index in [1.54, 1.807) is 0 Å². The molecule has 0 fully saturated rings. The molecule has 0 aliphatic carbocycles. The van der Waals surface area contributed by atoms with E-state index in [0.29, 0.717) is 19.3 Å². The summed E-state index contributed by atoms with van der Waals surface area (Å²) >= 11 is 0. The van der Waals surface area contributed by atoms with Crippen LogP contribution in [0.4, 0.5) is 0 Å². The van der Waals surface area contributed by atoms with Crippen molar-refractivity contribution in [2.75, 3.05) is 13.2 Å². The van der Waals surface area contributed by atoms with Crippen LogP contribution in [0.15, 0.2) is 0 Å². The third kappa shape index (κ3) is 47.9. The molecule has 0 aromatic carbocycles. The van der Waals surface area contributed by atoms with Crippen molar-refractivity contribution in [2.24, 2.45) is 5.92 Å². The quantitative estimate of drug-likeness (QED) is 0.0344. The second kappa shape index (κ2) is 50.4. The van der Waals surface area contributed by atoms with Crippen LogP contribution in [0.5, 0.6) is 0 Å². The first-order valence-electron chi connectivity index (χ1n) is 27.9. The van der Waals surface area contributed by atoms with Gasteiger partial charge in [0.15, 0.2) is 6.10 Å². The molecule has 368 valence electrons. The fourth-order valence-corrected chi connectivity index (χ4v) is 8.54. The molecule has 6 heteroatoms. The molecular weight excluding hydrogens is 769 g/mol. The van der Waals surface area contributed by atoms with Gasteiger partial charge in [-0.2, -0.15) is 0 Å². The number of unbranched alkanes of at least 4 members (excludes halogenated alkanes) is 37. The van der Waals surface area contributed by atoms with Gasteiger partial charge < -0.3 is 14.2 Å². The molecule has 0 radical (unpaired) electrons. The summed E-state index contributed by atoms with van der Waals surface area (Å²) in [6.45, 7) is 9.05. The van der Waals surface area contributed by atoms with Crippen LogP contribution in [0.1, 0.15) is 317 Å². The third-order valence-corrected chi connectivity index (χ3v) is 13.2. The van der Waals surface area contributed by atoms with Gasteiger partial charge in [-0.15, -0.1) is 0 Å². The van der Waals surface area contributed by atoms with E-state index in [0.717, 1.165) is 63.7 Å². The largest absolute Gasteiger partial charge is 0.462 e. The molecule has 0 aliphatic rings. The molecule has 2 atom stereocenters. The molecular formula is C56H108O6. The highest BCUT2D eigenvalue weighted by molar-refractivity contribution is 5.71. The number of rotatable bonds is 51. The van der Waals surface area contributed by atoms with E-state index < -0.39 is 6.10 Å². The van der Waals surface area contributed by atoms with Crippen LogP contribution >= 0.6 is 0 Å². The van der Waals surface area contributed by atoms with Crippen LogP contribution in [0, 0.1) is 5.92 Å². The van der Waals surface area contributed by atoms with Crippen molar-refractivity contribution in [3.8, 4) is 0 Å². The zero-order chi connectivity index (χ0) is 45.2. The van der Waals surface area contributed by atoms with E-state index in [1.165, 1.54) is 212 Å². The number of carbonyl (C=O) groups excluding carboxylic acids is 3. The molecule has 0 heterocycles. The Kier molecular flexibility index (Phi) is 49.1. The zero-order valence-corrected chi connectivity index (χ0v) is 42.3. The maximum Gasteiger partial charge on any atom is 0.306 e. The molecule has 0 rings (SSSR count). The lowest BCUT2D eigenvalue weighted by Crippen LogP contribution is -2.30. The van der Waals surface area contributed by atoms with Crippen LogP contribution in [0.2, 0.25) is 0 Å². The van der Waals surface area contributed by atoms with Gasteiger partial charge in [-0.05, 0) is 25.2 Å². The highest BCUT2D eigenvalue weighted by atomic mass is 16.6. The number of hydrogen-bond donors (Lipinski definition) is 0. The van der Waals surface area contributed by atoms with Gasteiger partial charge in [-0.25, -0.2) is 0 Å². The van der Waals surface area contributed by atoms with E-state index in [-0.39, 0.29) is 31.1 Å². The minimum atomic E-state index is -0.762. The first-order valence-corrected chi connectivity index (χ1v) is 27.9. The first-order chi connectivity index (χ1) is 30.4. The maximum absolute atomic E-state index is 12.8. The van der Waals surface area contributed by atoms with Crippen molar-refractivity contribution in [1.29, 1.82) is 0 Å². The van der Waals surface area contributed by atoms with Crippen molar-refractivity contribution >= 4 is 17.9 Å². The summed E-state index contributed by atoms with van der Waals surface area (Å²) in [6.07, 6.45) is 53.7. The smallest absolute Gasteiger partial charge is 0.306 e. The van der Waals surface area contributed by atoms with E-state index in [4.69, 9.17) is 14.2 Å². The molecule has 0 N–H and O–H groups in total. The van der Waals surface area contributed by atoms with E-state index >= 15 is 0 Å². The summed E-state index contributed by atoms with van der Waals surface area (Å²) in [5.74, 6) is 0.00792. The molecule has 0 bridgehead atoms. The highest BCUT2D eigenvalue weighted by Crippen LogP contribution is 2.18. The summed E-state index contributed by atoms with van der Waals surface area (Å²) in [5.41, 5.74) is 0. The van der Waals surface area contributed by atoms with E-state index in [2.05, 4.69) is 27.7 Å². The van der Waals surface area contributed by atoms with Crippen molar-refractivity contribution < 1.29 is 28.6 Å². The average Bonchev–Trinajstić information content (AvgIpc) is 3.27. The second-order valence-corrected chi connectivity index (χ2v) is 19.5. The second-order valence-electron chi connectivity index (χ2n) is 19.5. The van der Waals surface area contributed by atoms with Crippen LogP contribution in [0.25, 0.3) is 0 Å². The number of esters is 3. The number of ether oxygens (including phenoxy) is 3. The van der Waals surface area contributed by atoms with Crippen LogP contribution in [-0.4, -0.2) is 37.2 Å². The predicted molar refractivity (Wildman–Crippen MR) is 266 cm³/mol. The first kappa shape index (κ1) is 60.4. The Balaban J connectivity index is 4.30. The summed E-state index contributed by atoms with van der Waals surface area (Å²) in [4.78, 5) is 38.1. The Morgan fingerprint density at radius 1 is 0.323 bits per heavy atom. The van der Waals surface area contributed by atoms with Gasteiger partial charge in [0.05, 0.1) is 0 Å². The minimum absolute atomic E-state index is 0.0625. The lowest BCUT2D eigenvalue weighted by molar-refractivity contribution is -0.167. The molecule has 62 heavy (non-hydrogen) atoms. The molecule has 0 aromatic rings. The van der Waals surface area contributed by atoms with Gasteiger partial charge >= 0.3 is 17.9 Å². The van der Waals surface area contributed by atoms with E-state index in [9.17, 15) is 14.4 Å². The standard InChI is InChI=1S/C56H108O6/c1-5-8-10-12-14-16-18-20-22-23-25-27-29-31-37-41-45-49-56(59)62-53(51-61-55(58)48-44-40-36-33-32-34-38-42-46-52(4)7-3)50-60-54(57)47-43-39-35-30-28-26-24-21-19-17-15-13-11-9-6-2/h52-53H,5-51H2,1-4H3/t52?,53-/m0/s1. The van der Waals surface area contributed by atoms with Crippen molar-refractivity contribution in [3.05, 3.63) is 0 Å². The SMILES string of the molecule is CCCCCCCCCCCCCCCCCCCC(=O)O[C@@H](COC(=O)CCCCCCCCCCCCCCCCC)COC(=O)CCCCCCCCCCC(C)CC. The molecule has 0 aromatic heterocycles.